The summed E-state index contributed by atoms with van der Waals surface area (Å²) in [5.41, 5.74) is 2.45. The van der Waals surface area contributed by atoms with Crippen LogP contribution in [-0.4, -0.2) is 28.4 Å². The van der Waals surface area contributed by atoms with Gasteiger partial charge in [0.05, 0.1) is 12.1 Å². The smallest absolute Gasteiger partial charge is 0.273 e. The van der Waals surface area contributed by atoms with Crippen LogP contribution >= 0.6 is 0 Å². The van der Waals surface area contributed by atoms with Crippen LogP contribution in [0.15, 0.2) is 60.7 Å². The van der Waals surface area contributed by atoms with Crippen LogP contribution in [0.4, 0.5) is 0 Å². The molecule has 0 saturated heterocycles. The van der Waals surface area contributed by atoms with E-state index in [2.05, 4.69) is 24.9 Å². The van der Waals surface area contributed by atoms with Crippen molar-refractivity contribution in [3.8, 4) is 5.75 Å². The summed E-state index contributed by atoms with van der Waals surface area (Å²) in [6, 6.07) is 20.1. The molecular weight excluding hydrogens is 348 g/mol. The van der Waals surface area contributed by atoms with Gasteiger partial charge in [-0.05, 0) is 48.6 Å². The number of amides is 1. The fourth-order valence-corrected chi connectivity index (χ4v) is 3.28. The highest BCUT2D eigenvalue weighted by molar-refractivity contribution is 5.95. The Labute approximate surface area is 166 Å². The van der Waals surface area contributed by atoms with E-state index < -0.39 is 0 Å². The number of pyridine rings is 1. The standard InChI is InChI=1S/C24H26N2O2/c1-17(2)16-28-21-8-5-6-18(14-21)15-26(20-11-12-20)24(27)23-13-10-19-7-3-4-9-22(19)25-23/h3-10,13-14,17,20H,11-12,15-16H2,1-2H3. The fraction of sp³-hybridized carbons (Fsp3) is 0.333. The molecule has 1 heterocycles. The first-order chi connectivity index (χ1) is 13.6. The number of hydrogen-bond donors (Lipinski definition) is 0. The van der Waals surface area contributed by atoms with Crippen molar-refractivity contribution in [1.82, 2.24) is 9.88 Å². The summed E-state index contributed by atoms with van der Waals surface area (Å²) >= 11 is 0. The topological polar surface area (TPSA) is 42.4 Å². The molecule has 1 fully saturated rings. The van der Waals surface area contributed by atoms with Gasteiger partial charge in [-0.15, -0.1) is 0 Å². The van der Waals surface area contributed by atoms with E-state index in [0.29, 0.717) is 30.8 Å². The van der Waals surface area contributed by atoms with Crippen LogP contribution in [0.25, 0.3) is 10.9 Å². The van der Waals surface area contributed by atoms with Gasteiger partial charge in [-0.2, -0.15) is 0 Å². The van der Waals surface area contributed by atoms with E-state index in [0.717, 1.165) is 35.1 Å². The Morgan fingerprint density at radius 2 is 1.93 bits per heavy atom. The zero-order chi connectivity index (χ0) is 19.5. The SMILES string of the molecule is CC(C)COc1cccc(CN(C(=O)c2ccc3ccccc3n2)C2CC2)c1. The van der Waals surface area contributed by atoms with E-state index in [9.17, 15) is 4.79 Å². The second-order valence-electron chi connectivity index (χ2n) is 7.91. The highest BCUT2D eigenvalue weighted by Gasteiger charge is 2.33. The Morgan fingerprint density at radius 3 is 2.71 bits per heavy atom. The van der Waals surface area contributed by atoms with Crippen LogP contribution in [0, 0.1) is 5.92 Å². The van der Waals surface area contributed by atoms with Crippen LogP contribution < -0.4 is 4.74 Å². The monoisotopic (exact) mass is 374 g/mol. The summed E-state index contributed by atoms with van der Waals surface area (Å²) in [4.78, 5) is 19.8. The molecule has 0 N–H and O–H groups in total. The zero-order valence-corrected chi connectivity index (χ0v) is 16.5. The molecule has 4 heteroatoms. The van der Waals surface area contributed by atoms with E-state index in [1.165, 1.54) is 0 Å². The zero-order valence-electron chi connectivity index (χ0n) is 16.5. The average Bonchev–Trinajstić information content (AvgIpc) is 3.55. The highest BCUT2D eigenvalue weighted by atomic mass is 16.5. The number of nitrogens with zero attached hydrogens (tertiary/aromatic N) is 2. The molecule has 0 spiro atoms. The second kappa shape index (κ2) is 8.01. The first kappa shape index (κ1) is 18.5. The van der Waals surface area contributed by atoms with Crippen molar-refractivity contribution in [3.63, 3.8) is 0 Å². The molecule has 0 unspecified atom stereocenters. The van der Waals surface area contributed by atoms with E-state index >= 15 is 0 Å². The van der Waals surface area contributed by atoms with Crippen LogP contribution in [-0.2, 0) is 6.54 Å². The van der Waals surface area contributed by atoms with Gasteiger partial charge in [-0.3, -0.25) is 4.79 Å². The molecule has 3 aromatic rings. The van der Waals surface area contributed by atoms with Crippen molar-refractivity contribution in [2.45, 2.75) is 39.3 Å². The predicted octanol–water partition coefficient (Wildman–Crippen LogP) is 5.07. The number of aromatic nitrogens is 1. The Bertz CT molecular complexity index is 979. The summed E-state index contributed by atoms with van der Waals surface area (Å²) in [7, 11) is 0. The van der Waals surface area contributed by atoms with Crippen LogP contribution in [0.3, 0.4) is 0 Å². The maximum Gasteiger partial charge on any atom is 0.273 e. The van der Waals surface area contributed by atoms with E-state index in [-0.39, 0.29) is 5.91 Å². The number of hydrogen-bond acceptors (Lipinski definition) is 3. The van der Waals surface area contributed by atoms with Crippen LogP contribution in [0.2, 0.25) is 0 Å². The first-order valence-electron chi connectivity index (χ1n) is 9.98. The van der Waals surface area contributed by atoms with Gasteiger partial charge in [0.25, 0.3) is 5.91 Å². The third-order valence-corrected chi connectivity index (χ3v) is 4.90. The molecule has 1 aliphatic rings. The Balaban J connectivity index is 1.54. The van der Waals surface area contributed by atoms with Crippen molar-refractivity contribution in [2.24, 2.45) is 5.92 Å². The molecule has 0 atom stereocenters. The summed E-state index contributed by atoms with van der Waals surface area (Å²) in [5.74, 6) is 1.34. The number of benzene rings is 2. The van der Waals surface area contributed by atoms with Crippen molar-refractivity contribution >= 4 is 16.8 Å². The third-order valence-electron chi connectivity index (χ3n) is 4.90. The molecule has 28 heavy (non-hydrogen) atoms. The Kier molecular flexibility index (Phi) is 5.29. The van der Waals surface area contributed by atoms with Gasteiger partial charge in [-0.1, -0.05) is 50.2 Å². The Hall–Kier alpha value is -2.88. The fourth-order valence-electron chi connectivity index (χ4n) is 3.28. The lowest BCUT2D eigenvalue weighted by Gasteiger charge is -2.22. The van der Waals surface area contributed by atoms with Gasteiger partial charge >= 0.3 is 0 Å². The Morgan fingerprint density at radius 1 is 1.11 bits per heavy atom. The number of carbonyl (C=O) groups excluding carboxylic acids is 1. The minimum absolute atomic E-state index is 0.00162. The van der Waals surface area contributed by atoms with Gasteiger partial charge in [0.2, 0.25) is 0 Å². The number of ether oxygens (including phenoxy) is 1. The predicted molar refractivity (Wildman–Crippen MR) is 111 cm³/mol. The summed E-state index contributed by atoms with van der Waals surface area (Å²) in [6.45, 7) is 5.54. The normalized spacial score (nSPS) is 13.7. The van der Waals surface area contributed by atoms with Crippen molar-refractivity contribution in [3.05, 3.63) is 71.9 Å². The van der Waals surface area contributed by atoms with Crippen LogP contribution in [0.1, 0.15) is 42.7 Å². The highest BCUT2D eigenvalue weighted by Crippen LogP contribution is 2.30. The van der Waals surface area contributed by atoms with Gasteiger partial charge in [0, 0.05) is 18.0 Å². The lowest BCUT2D eigenvalue weighted by atomic mass is 10.1. The average molecular weight is 374 g/mol. The summed E-state index contributed by atoms with van der Waals surface area (Å²) in [6.07, 6.45) is 2.12. The molecule has 1 saturated carbocycles. The molecule has 4 rings (SSSR count). The van der Waals surface area contributed by atoms with Gasteiger partial charge in [0.1, 0.15) is 11.4 Å². The molecule has 4 nitrogen and oxygen atoms in total. The number of carbonyl (C=O) groups is 1. The molecular formula is C24H26N2O2. The largest absolute Gasteiger partial charge is 0.493 e. The van der Waals surface area contributed by atoms with E-state index in [1.54, 1.807) is 0 Å². The van der Waals surface area contributed by atoms with Crippen molar-refractivity contribution < 1.29 is 9.53 Å². The summed E-state index contributed by atoms with van der Waals surface area (Å²) in [5, 5.41) is 1.05. The lowest BCUT2D eigenvalue weighted by molar-refractivity contribution is 0.0724. The molecule has 0 bridgehead atoms. The lowest BCUT2D eigenvalue weighted by Crippen LogP contribution is -2.33. The number of para-hydroxylation sites is 1. The van der Waals surface area contributed by atoms with E-state index in [4.69, 9.17) is 4.74 Å². The molecule has 2 aromatic carbocycles. The molecule has 0 aliphatic heterocycles. The minimum Gasteiger partial charge on any atom is -0.493 e. The molecule has 0 radical (unpaired) electrons. The first-order valence-corrected chi connectivity index (χ1v) is 9.98. The van der Waals surface area contributed by atoms with Gasteiger partial charge in [0.15, 0.2) is 0 Å². The third kappa shape index (κ3) is 4.33. The quantitative estimate of drug-likeness (QED) is 0.579. The number of fused-ring (bicyclic) bond motifs is 1. The molecule has 1 aliphatic carbocycles. The maximum absolute atomic E-state index is 13.2. The van der Waals surface area contributed by atoms with Crippen molar-refractivity contribution in [1.29, 1.82) is 0 Å². The summed E-state index contributed by atoms with van der Waals surface area (Å²) < 4.78 is 5.84. The van der Waals surface area contributed by atoms with Gasteiger partial charge in [-0.25, -0.2) is 4.98 Å². The van der Waals surface area contributed by atoms with E-state index in [1.807, 2.05) is 59.5 Å². The maximum atomic E-state index is 13.2. The number of rotatable bonds is 7. The second-order valence-corrected chi connectivity index (χ2v) is 7.91. The molecule has 144 valence electrons. The van der Waals surface area contributed by atoms with Crippen molar-refractivity contribution in [2.75, 3.05) is 6.61 Å². The minimum atomic E-state index is 0.00162. The van der Waals surface area contributed by atoms with Gasteiger partial charge < -0.3 is 9.64 Å². The molecule has 1 aromatic heterocycles. The molecule has 1 amide bonds. The van der Waals surface area contributed by atoms with Crippen LogP contribution in [0.5, 0.6) is 5.75 Å².